The first-order valence-electron chi connectivity index (χ1n) is 6.54. The van der Waals surface area contributed by atoms with Crippen molar-refractivity contribution >= 4 is 26.8 Å². The number of benzene rings is 1. The molecule has 18 heavy (non-hydrogen) atoms. The number of aromatic nitrogens is 1. The van der Waals surface area contributed by atoms with Crippen LogP contribution in [0.25, 0.3) is 10.9 Å². The van der Waals surface area contributed by atoms with Gasteiger partial charge in [-0.05, 0) is 65.7 Å². The van der Waals surface area contributed by atoms with Crippen molar-refractivity contribution < 1.29 is 0 Å². The van der Waals surface area contributed by atoms with Crippen LogP contribution in [0.15, 0.2) is 22.7 Å². The molecule has 0 fully saturated rings. The number of nitrogens with two attached hydrogens (primary N) is 1. The molecule has 0 spiro atoms. The zero-order valence-corrected chi connectivity index (χ0v) is 12.1. The van der Waals surface area contributed by atoms with Gasteiger partial charge in [-0.25, -0.2) is 0 Å². The van der Waals surface area contributed by atoms with Crippen molar-refractivity contribution in [2.24, 2.45) is 5.73 Å². The van der Waals surface area contributed by atoms with E-state index in [2.05, 4.69) is 41.1 Å². The largest absolute Gasteiger partial charge is 0.324 e. The van der Waals surface area contributed by atoms with Crippen LogP contribution in [0.4, 0.5) is 0 Å². The summed E-state index contributed by atoms with van der Waals surface area (Å²) in [6.45, 7) is 2.07. The summed E-state index contributed by atoms with van der Waals surface area (Å²) in [6.07, 6.45) is 4.72. The molecule has 0 saturated carbocycles. The van der Waals surface area contributed by atoms with Crippen LogP contribution in [0.2, 0.25) is 0 Å². The van der Waals surface area contributed by atoms with Crippen LogP contribution >= 0.6 is 15.9 Å². The minimum absolute atomic E-state index is 0.0663. The third kappa shape index (κ3) is 1.86. The van der Waals surface area contributed by atoms with Crippen LogP contribution in [0.1, 0.15) is 42.6 Å². The summed E-state index contributed by atoms with van der Waals surface area (Å²) in [7, 11) is 0. The van der Waals surface area contributed by atoms with Gasteiger partial charge in [0.1, 0.15) is 0 Å². The highest BCUT2D eigenvalue weighted by Gasteiger charge is 2.20. The lowest BCUT2D eigenvalue weighted by atomic mass is 9.87. The van der Waals surface area contributed by atoms with E-state index >= 15 is 0 Å². The number of aryl methyl sites for hydroxylation is 1. The molecule has 2 N–H and O–H groups in total. The predicted octanol–water partition coefficient (Wildman–Crippen LogP) is 3.90. The Morgan fingerprint density at radius 2 is 2.06 bits per heavy atom. The Labute approximate surface area is 116 Å². The van der Waals surface area contributed by atoms with Gasteiger partial charge in [0, 0.05) is 21.6 Å². The Hall–Kier alpha value is -0.930. The molecule has 2 aromatic rings. The van der Waals surface area contributed by atoms with E-state index in [4.69, 9.17) is 10.7 Å². The SMILES string of the molecule is CC(N)c1c2c(nc3c(Br)cccc13)CCCC2. The van der Waals surface area contributed by atoms with E-state index in [0.717, 1.165) is 22.8 Å². The molecule has 1 atom stereocenters. The van der Waals surface area contributed by atoms with Gasteiger partial charge in [0.2, 0.25) is 0 Å². The molecule has 1 aliphatic carbocycles. The molecular formula is C15H17BrN2. The van der Waals surface area contributed by atoms with Gasteiger partial charge in [-0.2, -0.15) is 0 Å². The highest BCUT2D eigenvalue weighted by atomic mass is 79.9. The van der Waals surface area contributed by atoms with E-state index < -0.39 is 0 Å². The molecular weight excluding hydrogens is 288 g/mol. The molecule has 1 aliphatic rings. The summed E-state index contributed by atoms with van der Waals surface area (Å²) >= 11 is 3.60. The van der Waals surface area contributed by atoms with Crippen LogP contribution in [-0.2, 0) is 12.8 Å². The van der Waals surface area contributed by atoms with E-state index in [1.165, 1.54) is 35.0 Å². The molecule has 0 saturated heterocycles. The first kappa shape index (κ1) is 12.1. The number of halogens is 1. The number of hydrogen-bond donors (Lipinski definition) is 1. The van der Waals surface area contributed by atoms with Crippen molar-refractivity contribution in [2.75, 3.05) is 0 Å². The lowest BCUT2D eigenvalue weighted by Crippen LogP contribution is -2.15. The van der Waals surface area contributed by atoms with Gasteiger partial charge in [-0.1, -0.05) is 12.1 Å². The van der Waals surface area contributed by atoms with E-state index in [0.29, 0.717) is 0 Å². The standard InChI is InChI=1S/C15H17BrN2/c1-9(17)14-10-5-2-3-8-13(10)18-15-11(14)6-4-7-12(15)16/h4,6-7,9H,2-3,5,8,17H2,1H3. The maximum atomic E-state index is 6.21. The normalized spacial score (nSPS) is 16.6. The average Bonchev–Trinajstić information content (AvgIpc) is 2.36. The quantitative estimate of drug-likeness (QED) is 0.868. The minimum atomic E-state index is 0.0663. The molecule has 0 radical (unpaired) electrons. The van der Waals surface area contributed by atoms with Crippen molar-refractivity contribution in [2.45, 2.75) is 38.6 Å². The Morgan fingerprint density at radius 1 is 1.28 bits per heavy atom. The Morgan fingerprint density at radius 3 is 2.83 bits per heavy atom. The Kier molecular flexibility index (Phi) is 3.12. The lowest BCUT2D eigenvalue weighted by molar-refractivity contribution is 0.655. The summed E-state index contributed by atoms with van der Waals surface area (Å²) in [5.74, 6) is 0. The Balaban J connectivity index is 2.40. The molecule has 1 aromatic carbocycles. The fourth-order valence-electron chi connectivity index (χ4n) is 2.97. The van der Waals surface area contributed by atoms with Crippen LogP contribution < -0.4 is 5.73 Å². The summed E-state index contributed by atoms with van der Waals surface area (Å²) in [6, 6.07) is 6.32. The second-order valence-electron chi connectivity index (χ2n) is 5.08. The van der Waals surface area contributed by atoms with E-state index in [-0.39, 0.29) is 6.04 Å². The number of rotatable bonds is 1. The Bertz CT molecular complexity index is 605. The van der Waals surface area contributed by atoms with E-state index in [1.807, 2.05) is 0 Å². The molecule has 1 aromatic heterocycles. The summed E-state index contributed by atoms with van der Waals surface area (Å²) in [5.41, 5.74) is 11.2. The van der Waals surface area contributed by atoms with Gasteiger partial charge in [0.15, 0.2) is 0 Å². The summed E-state index contributed by atoms with van der Waals surface area (Å²) < 4.78 is 1.07. The predicted molar refractivity (Wildman–Crippen MR) is 78.7 cm³/mol. The molecule has 0 bridgehead atoms. The van der Waals surface area contributed by atoms with Crippen LogP contribution in [0, 0.1) is 0 Å². The minimum Gasteiger partial charge on any atom is -0.324 e. The average molecular weight is 305 g/mol. The van der Waals surface area contributed by atoms with E-state index in [1.54, 1.807) is 0 Å². The summed E-state index contributed by atoms with van der Waals surface area (Å²) in [5, 5.41) is 1.21. The molecule has 3 rings (SSSR count). The third-order valence-electron chi connectivity index (χ3n) is 3.74. The van der Waals surface area contributed by atoms with E-state index in [9.17, 15) is 0 Å². The third-order valence-corrected chi connectivity index (χ3v) is 4.38. The van der Waals surface area contributed by atoms with Crippen molar-refractivity contribution in [3.05, 3.63) is 39.5 Å². The van der Waals surface area contributed by atoms with Gasteiger partial charge in [0.25, 0.3) is 0 Å². The number of fused-ring (bicyclic) bond motifs is 2. The highest BCUT2D eigenvalue weighted by molar-refractivity contribution is 9.10. The smallest absolute Gasteiger partial charge is 0.0850 e. The van der Waals surface area contributed by atoms with Crippen LogP contribution in [-0.4, -0.2) is 4.98 Å². The summed E-state index contributed by atoms with van der Waals surface area (Å²) in [4.78, 5) is 4.86. The first-order valence-corrected chi connectivity index (χ1v) is 7.33. The number of para-hydroxylation sites is 1. The van der Waals surface area contributed by atoms with Crippen molar-refractivity contribution in [3.8, 4) is 0 Å². The van der Waals surface area contributed by atoms with Crippen molar-refractivity contribution in [3.63, 3.8) is 0 Å². The zero-order chi connectivity index (χ0) is 12.7. The van der Waals surface area contributed by atoms with Crippen LogP contribution in [0.3, 0.4) is 0 Å². The molecule has 0 aliphatic heterocycles. The van der Waals surface area contributed by atoms with Gasteiger partial charge in [0.05, 0.1) is 5.52 Å². The first-order chi connectivity index (χ1) is 8.68. The lowest BCUT2D eigenvalue weighted by Gasteiger charge is -2.23. The zero-order valence-electron chi connectivity index (χ0n) is 10.5. The molecule has 1 unspecified atom stereocenters. The number of pyridine rings is 1. The van der Waals surface area contributed by atoms with Gasteiger partial charge < -0.3 is 5.73 Å². The second-order valence-corrected chi connectivity index (χ2v) is 5.94. The highest BCUT2D eigenvalue weighted by Crippen LogP contribution is 2.34. The molecule has 0 amide bonds. The van der Waals surface area contributed by atoms with Crippen molar-refractivity contribution in [1.29, 1.82) is 0 Å². The monoisotopic (exact) mass is 304 g/mol. The molecule has 1 heterocycles. The second kappa shape index (κ2) is 4.63. The van der Waals surface area contributed by atoms with Gasteiger partial charge >= 0.3 is 0 Å². The maximum absolute atomic E-state index is 6.21. The fraction of sp³-hybridized carbons (Fsp3) is 0.400. The number of hydrogen-bond acceptors (Lipinski definition) is 2. The fourth-order valence-corrected chi connectivity index (χ4v) is 3.42. The topological polar surface area (TPSA) is 38.9 Å². The van der Waals surface area contributed by atoms with Gasteiger partial charge in [-0.15, -0.1) is 0 Å². The molecule has 2 nitrogen and oxygen atoms in total. The molecule has 94 valence electrons. The van der Waals surface area contributed by atoms with Crippen molar-refractivity contribution in [1.82, 2.24) is 4.98 Å². The van der Waals surface area contributed by atoms with Gasteiger partial charge in [-0.3, -0.25) is 4.98 Å². The number of nitrogens with zero attached hydrogens (tertiary/aromatic N) is 1. The van der Waals surface area contributed by atoms with Crippen LogP contribution in [0.5, 0.6) is 0 Å². The molecule has 3 heteroatoms. The maximum Gasteiger partial charge on any atom is 0.0850 e.